The van der Waals surface area contributed by atoms with Gasteiger partial charge in [0.25, 0.3) is 5.91 Å². The molecule has 19 heavy (non-hydrogen) atoms. The molecule has 2 rings (SSSR count). The largest absolute Gasteiger partial charge is 0.345 e. The maximum Gasteiger partial charge on any atom is 0.253 e. The van der Waals surface area contributed by atoms with Gasteiger partial charge in [-0.2, -0.15) is 5.26 Å². The highest BCUT2D eigenvalue weighted by Crippen LogP contribution is 2.12. The van der Waals surface area contributed by atoms with Crippen LogP contribution in [0.25, 0.3) is 0 Å². The summed E-state index contributed by atoms with van der Waals surface area (Å²) < 4.78 is 0. The van der Waals surface area contributed by atoms with E-state index in [0.29, 0.717) is 11.3 Å². The molecule has 1 heterocycles. The molecule has 0 spiro atoms. The van der Waals surface area contributed by atoms with Crippen LogP contribution in [-0.4, -0.2) is 10.9 Å². The van der Waals surface area contributed by atoms with Crippen molar-refractivity contribution in [1.29, 1.82) is 5.26 Å². The van der Waals surface area contributed by atoms with E-state index in [2.05, 4.69) is 10.3 Å². The van der Waals surface area contributed by atoms with Gasteiger partial charge in [0.15, 0.2) is 0 Å². The second-order valence-corrected chi connectivity index (χ2v) is 4.15. The van der Waals surface area contributed by atoms with Crippen LogP contribution in [0.5, 0.6) is 0 Å². The number of hydrogen-bond donors (Lipinski definition) is 1. The minimum absolute atomic E-state index is 0.0793. The zero-order valence-electron chi connectivity index (χ0n) is 10.5. The molecule has 1 unspecified atom stereocenters. The number of amides is 1. The second-order valence-electron chi connectivity index (χ2n) is 4.15. The molecule has 0 fully saturated rings. The number of nitrogens with zero attached hydrogens (tertiary/aromatic N) is 2. The number of aromatic nitrogens is 1. The summed E-state index contributed by atoms with van der Waals surface area (Å²) in [6.45, 7) is 1.92. The van der Waals surface area contributed by atoms with Gasteiger partial charge in [0.05, 0.1) is 11.6 Å². The molecule has 1 amide bonds. The first-order valence-corrected chi connectivity index (χ1v) is 5.92. The highest BCUT2D eigenvalue weighted by atomic mass is 16.1. The van der Waals surface area contributed by atoms with Gasteiger partial charge in [-0.05, 0) is 24.6 Å². The van der Waals surface area contributed by atoms with Crippen molar-refractivity contribution in [2.75, 3.05) is 0 Å². The Morgan fingerprint density at radius 3 is 2.58 bits per heavy atom. The summed E-state index contributed by atoms with van der Waals surface area (Å²) in [6.07, 6.45) is 1.41. The molecule has 4 heteroatoms. The molecule has 1 aromatic heterocycles. The Morgan fingerprint density at radius 2 is 2.00 bits per heavy atom. The Bertz CT molecular complexity index is 600. The fraction of sp³-hybridized carbons (Fsp3) is 0.133. The van der Waals surface area contributed by atoms with Crippen LogP contribution >= 0.6 is 0 Å². The molecule has 0 saturated heterocycles. The third-order valence-electron chi connectivity index (χ3n) is 2.79. The van der Waals surface area contributed by atoms with Gasteiger partial charge in [-0.3, -0.25) is 4.79 Å². The lowest BCUT2D eigenvalue weighted by Gasteiger charge is -2.14. The number of hydrogen-bond acceptors (Lipinski definition) is 3. The molecule has 1 N–H and O–H groups in total. The smallest absolute Gasteiger partial charge is 0.253 e. The van der Waals surface area contributed by atoms with Crippen molar-refractivity contribution in [1.82, 2.24) is 10.3 Å². The fourth-order valence-electron chi connectivity index (χ4n) is 1.70. The molecule has 0 aliphatic rings. The Labute approximate surface area is 111 Å². The van der Waals surface area contributed by atoms with Crippen molar-refractivity contribution in [3.05, 3.63) is 65.5 Å². The van der Waals surface area contributed by atoms with Gasteiger partial charge in [-0.25, -0.2) is 4.98 Å². The Kier molecular flexibility index (Phi) is 3.89. The molecule has 0 aliphatic heterocycles. The van der Waals surface area contributed by atoms with Crippen LogP contribution in [0.1, 0.15) is 34.6 Å². The SMILES string of the molecule is CC(NC(=O)c1ccc(C#N)nc1)c1ccccc1. The van der Waals surface area contributed by atoms with E-state index in [9.17, 15) is 4.79 Å². The Morgan fingerprint density at radius 1 is 1.26 bits per heavy atom. The van der Waals surface area contributed by atoms with E-state index >= 15 is 0 Å². The number of carbonyl (C=O) groups is 1. The topological polar surface area (TPSA) is 65.8 Å². The molecule has 0 radical (unpaired) electrons. The van der Waals surface area contributed by atoms with Crippen molar-refractivity contribution in [2.45, 2.75) is 13.0 Å². The summed E-state index contributed by atoms with van der Waals surface area (Å²) in [5, 5.41) is 11.5. The second kappa shape index (κ2) is 5.78. The number of pyridine rings is 1. The quantitative estimate of drug-likeness (QED) is 0.911. The van der Waals surface area contributed by atoms with Gasteiger partial charge >= 0.3 is 0 Å². The van der Waals surface area contributed by atoms with Crippen molar-refractivity contribution in [2.24, 2.45) is 0 Å². The zero-order valence-corrected chi connectivity index (χ0v) is 10.5. The van der Waals surface area contributed by atoms with Crippen LogP contribution < -0.4 is 5.32 Å². The lowest BCUT2D eigenvalue weighted by atomic mass is 10.1. The minimum Gasteiger partial charge on any atom is -0.345 e. The molecular weight excluding hydrogens is 238 g/mol. The van der Waals surface area contributed by atoms with E-state index in [0.717, 1.165) is 5.56 Å². The van der Waals surface area contributed by atoms with Crippen LogP contribution in [0.15, 0.2) is 48.7 Å². The van der Waals surface area contributed by atoms with Crippen LogP contribution in [0.3, 0.4) is 0 Å². The summed E-state index contributed by atoms with van der Waals surface area (Å²) in [5.41, 5.74) is 1.78. The number of nitrogens with one attached hydrogen (secondary N) is 1. The third-order valence-corrected chi connectivity index (χ3v) is 2.79. The average Bonchev–Trinajstić information content (AvgIpc) is 2.48. The van der Waals surface area contributed by atoms with Gasteiger partial charge in [0.2, 0.25) is 0 Å². The van der Waals surface area contributed by atoms with Gasteiger partial charge in [-0.1, -0.05) is 30.3 Å². The molecule has 0 saturated carbocycles. The van der Waals surface area contributed by atoms with Crippen molar-refractivity contribution in [3.8, 4) is 6.07 Å². The first-order valence-electron chi connectivity index (χ1n) is 5.92. The van der Waals surface area contributed by atoms with Crippen LogP contribution in [0.4, 0.5) is 0 Å². The first-order chi connectivity index (χ1) is 9.20. The van der Waals surface area contributed by atoms with E-state index in [1.807, 2.05) is 43.3 Å². The Hall–Kier alpha value is -2.67. The number of rotatable bonds is 3. The highest BCUT2D eigenvalue weighted by Gasteiger charge is 2.11. The van der Waals surface area contributed by atoms with Crippen molar-refractivity contribution < 1.29 is 4.79 Å². The summed E-state index contributed by atoms with van der Waals surface area (Å²) in [7, 11) is 0. The highest BCUT2D eigenvalue weighted by molar-refractivity contribution is 5.94. The maximum atomic E-state index is 12.0. The molecule has 2 aromatic rings. The van der Waals surface area contributed by atoms with E-state index in [1.54, 1.807) is 6.07 Å². The zero-order chi connectivity index (χ0) is 13.7. The monoisotopic (exact) mass is 251 g/mol. The molecule has 94 valence electrons. The fourth-order valence-corrected chi connectivity index (χ4v) is 1.70. The summed E-state index contributed by atoms with van der Waals surface area (Å²) >= 11 is 0. The molecule has 0 aliphatic carbocycles. The van der Waals surface area contributed by atoms with E-state index < -0.39 is 0 Å². The molecule has 4 nitrogen and oxygen atoms in total. The first kappa shape index (κ1) is 12.8. The van der Waals surface area contributed by atoms with E-state index in [-0.39, 0.29) is 11.9 Å². The predicted octanol–water partition coefficient (Wildman–Crippen LogP) is 2.44. The maximum absolute atomic E-state index is 12.0. The number of carbonyl (C=O) groups excluding carboxylic acids is 1. The van der Waals surface area contributed by atoms with Crippen molar-refractivity contribution >= 4 is 5.91 Å². The third kappa shape index (κ3) is 3.17. The van der Waals surface area contributed by atoms with Crippen LogP contribution in [0.2, 0.25) is 0 Å². The van der Waals surface area contributed by atoms with Crippen LogP contribution in [-0.2, 0) is 0 Å². The summed E-state index contributed by atoms with van der Waals surface area (Å²) in [5.74, 6) is -0.201. The van der Waals surface area contributed by atoms with E-state index in [1.165, 1.54) is 12.3 Å². The normalized spacial score (nSPS) is 11.4. The standard InChI is InChI=1S/C15H13N3O/c1-11(12-5-3-2-4-6-12)18-15(19)13-7-8-14(9-16)17-10-13/h2-8,10-11H,1H3,(H,18,19). The minimum atomic E-state index is -0.201. The van der Waals surface area contributed by atoms with Gasteiger partial charge in [0, 0.05) is 6.20 Å². The Balaban J connectivity index is 2.06. The summed E-state index contributed by atoms with van der Waals surface area (Å²) in [6, 6.07) is 14.7. The molecule has 0 bridgehead atoms. The van der Waals surface area contributed by atoms with E-state index in [4.69, 9.17) is 5.26 Å². The molecule has 1 atom stereocenters. The lowest BCUT2D eigenvalue weighted by molar-refractivity contribution is 0.0939. The summed E-state index contributed by atoms with van der Waals surface area (Å²) in [4.78, 5) is 15.9. The van der Waals surface area contributed by atoms with Crippen LogP contribution in [0, 0.1) is 11.3 Å². The lowest BCUT2D eigenvalue weighted by Crippen LogP contribution is -2.26. The molecular formula is C15H13N3O. The number of benzene rings is 1. The predicted molar refractivity (Wildman–Crippen MR) is 71.3 cm³/mol. The number of nitriles is 1. The van der Waals surface area contributed by atoms with Gasteiger partial charge in [0.1, 0.15) is 11.8 Å². The van der Waals surface area contributed by atoms with Gasteiger partial charge in [-0.15, -0.1) is 0 Å². The van der Waals surface area contributed by atoms with Gasteiger partial charge < -0.3 is 5.32 Å². The molecule has 1 aromatic carbocycles. The van der Waals surface area contributed by atoms with Crippen molar-refractivity contribution in [3.63, 3.8) is 0 Å². The average molecular weight is 251 g/mol.